The van der Waals surface area contributed by atoms with Crippen LogP contribution in [0.25, 0.3) is 0 Å². The molecule has 1 saturated heterocycles. The van der Waals surface area contributed by atoms with E-state index in [0.717, 1.165) is 31.9 Å². The van der Waals surface area contributed by atoms with E-state index in [1.165, 1.54) is 5.69 Å². The van der Waals surface area contributed by atoms with Crippen LogP contribution in [0.3, 0.4) is 0 Å². The van der Waals surface area contributed by atoms with Gasteiger partial charge in [-0.25, -0.2) is 0 Å². The van der Waals surface area contributed by atoms with E-state index in [1.807, 2.05) is 48.5 Å². The fourth-order valence-corrected chi connectivity index (χ4v) is 3.70. The Morgan fingerprint density at radius 1 is 0.893 bits per heavy atom. The molecule has 1 unspecified atom stereocenters. The first-order valence-corrected chi connectivity index (χ1v) is 9.72. The lowest BCUT2D eigenvalue weighted by Crippen LogP contribution is -2.49. The number of carbonyl (C=O) groups is 1. The van der Waals surface area contributed by atoms with Gasteiger partial charge >= 0.3 is 0 Å². The van der Waals surface area contributed by atoms with E-state index in [9.17, 15) is 4.79 Å². The summed E-state index contributed by atoms with van der Waals surface area (Å²) < 4.78 is 5.69. The second-order valence-corrected chi connectivity index (χ2v) is 6.97. The minimum Gasteiger partial charge on any atom is -0.468 e. The third-order valence-electron chi connectivity index (χ3n) is 5.24. The zero-order chi connectivity index (χ0) is 19.2. The Balaban J connectivity index is 1.41. The van der Waals surface area contributed by atoms with Crippen molar-refractivity contribution in [1.29, 1.82) is 0 Å². The van der Waals surface area contributed by atoms with E-state index in [1.54, 1.807) is 6.26 Å². The maximum Gasteiger partial charge on any atom is 0.251 e. The van der Waals surface area contributed by atoms with Crippen molar-refractivity contribution in [3.63, 3.8) is 0 Å². The van der Waals surface area contributed by atoms with Gasteiger partial charge < -0.3 is 14.6 Å². The van der Waals surface area contributed by atoms with E-state index < -0.39 is 0 Å². The van der Waals surface area contributed by atoms with Crippen LogP contribution in [-0.2, 0) is 0 Å². The highest BCUT2D eigenvalue weighted by Crippen LogP contribution is 2.24. The van der Waals surface area contributed by atoms with Crippen LogP contribution in [0, 0.1) is 0 Å². The Morgan fingerprint density at radius 2 is 1.57 bits per heavy atom. The monoisotopic (exact) mass is 375 g/mol. The molecule has 1 aliphatic rings. The summed E-state index contributed by atoms with van der Waals surface area (Å²) in [5.41, 5.74) is 1.93. The first kappa shape index (κ1) is 18.3. The molecule has 2 heterocycles. The van der Waals surface area contributed by atoms with E-state index >= 15 is 0 Å². The molecule has 0 aliphatic carbocycles. The quantitative estimate of drug-likeness (QED) is 0.716. The zero-order valence-corrected chi connectivity index (χ0v) is 15.8. The molecule has 1 amide bonds. The molecule has 144 valence electrons. The molecule has 1 aromatic heterocycles. The van der Waals surface area contributed by atoms with Gasteiger partial charge in [-0.05, 0) is 36.4 Å². The number of nitrogens with zero attached hydrogens (tertiary/aromatic N) is 2. The zero-order valence-electron chi connectivity index (χ0n) is 15.8. The Bertz CT molecular complexity index is 857. The highest BCUT2D eigenvalue weighted by molar-refractivity contribution is 5.94. The van der Waals surface area contributed by atoms with E-state index in [0.29, 0.717) is 12.1 Å². The molecule has 0 saturated carbocycles. The number of nitrogens with one attached hydrogen (secondary N) is 1. The van der Waals surface area contributed by atoms with Crippen LogP contribution in [0.2, 0.25) is 0 Å². The van der Waals surface area contributed by atoms with Gasteiger partial charge in [-0.15, -0.1) is 0 Å². The Morgan fingerprint density at radius 3 is 2.21 bits per heavy atom. The van der Waals surface area contributed by atoms with E-state index in [2.05, 4.69) is 39.4 Å². The molecule has 1 aliphatic heterocycles. The van der Waals surface area contributed by atoms with Gasteiger partial charge in [0.1, 0.15) is 5.76 Å². The summed E-state index contributed by atoms with van der Waals surface area (Å²) in [5.74, 6) is 0.835. The van der Waals surface area contributed by atoms with Gasteiger partial charge in [0.25, 0.3) is 5.91 Å². The lowest BCUT2D eigenvalue weighted by atomic mass is 10.1. The molecule has 5 heteroatoms. The van der Waals surface area contributed by atoms with Gasteiger partial charge in [0.05, 0.1) is 12.3 Å². The van der Waals surface area contributed by atoms with Gasteiger partial charge in [-0.1, -0.05) is 36.4 Å². The minimum atomic E-state index is -0.0555. The molecular formula is C23H25N3O2. The number of amides is 1. The van der Waals surface area contributed by atoms with Crippen LogP contribution in [0.15, 0.2) is 83.5 Å². The Labute approximate surface area is 165 Å². The molecule has 0 bridgehead atoms. The van der Waals surface area contributed by atoms with Gasteiger partial charge in [0, 0.05) is 44.0 Å². The number of para-hydroxylation sites is 1. The van der Waals surface area contributed by atoms with Gasteiger partial charge in [-0.3, -0.25) is 9.69 Å². The van der Waals surface area contributed by atoms with Crippen LogP contribution in [-0.4, -0.2) is 43.5 Å². The van der Waals surface area contributed by atoms with Gasteiger partial charge in [0.15, 0.2) is 0 Å². The molecule has 3 aromatic rings. The van der Waals surface area contributed by atoms with E-state index in [4.69, 9.17) is 4.42 Å². The molecule has 1 fully saturated rings. The first-order valence-electron chi connectivity index (χ1n) is 9.72. The largest absolute Gasteiger partial charge is 0.468 e. The highest BCUT2D eigenvalue weighted by atomic mass is 16.3. The molecule has 0 radical (unpaired) electrons. The van der Waals surface area contributed by atoms with E-state index in [-0.39, 0.29) is 11.9 Å². The highest BCUT2D eigenvalue weighted by Gasteiger charge is 2.27. The number of hydrogen-bond donors (Lipinski definition) is 1. The van der Waals surface area contributed by atoms with Crippen LogP contribution < -0.4 is 10.2 Å². The number of furan rings is 1. The molecule has 4 rings (SSSR count). The summed E-state index contributed by atoms with van der Waals surface area (Å²) in [6.45, 7) is 4.26. The molecule has 5 nitrogen and oxygen atoms in total. The molecule has 1 N–H and O–H groups in total. The van der Waals surface area contributed by atoms with Crippen molar-refractivity contribution in [1.82, 2.24) is 10.2 Å². The maximum absolute atomic E-state index is 12.5. The maximum atomic E-state index is 12.5. The van der Waals surface area contributed by atoms with Crippen LogP contribution >= 0.6 is 0 Å². The molecular weight excluding hydrogens is 350 g/mol. The minimum absolute atomic E-state index is 0.0283. The van der Waals surface area contributed by atoms with Crippen LogP contribution in [0.4, 0.5) is 5.69 Å². The second-order valence-electron chi connectivity index (χ2n) is 6.97. The third-order valence-corrected chi connectivity index (χ3v) is 5.24. The summed E-state index contributed by atoms with van der Waals surface area (Å²) in [6, 6.07) is 23.7. The summed E-state index contributed by atoms with van der Waals surface area (Å²) in [4.78, 5) is 17.3. The fraction of sp³-hybridized carbons (Fsp3) is 0.261. The first-order chi connectivity index (χ1) is 13.8. The number of carbonyl (C=O) groups excluding carboxylic acids is 1. The topological polar surface area (TPSA) is 48.7 Å². The molecule has 0 spiro atoms. The van der Waals surface area contributed by atoms with Crippen molar-refractivity contribution >= 4 is 11.6 Å². The number of rotatable bonds is 6. The molecule has 28 heavy (non-hydrogen) atoms. The van der Waals surface area contributed by atoms with Crippen molar-refractivity contribution in [2.45, 2.75) is 6.04 Å². The average molecular weight is 375 g/mol. The summed E-state index contributed by atoms with van der Waals surface area (Å²) in [5, 5.41) is 3.07. The lowest BCUT2D eigenvalue weighted by Gasteiger charge is -2.39. The lowest BCUT2D eigenvalue weighted by molar-refractivity contribution is 0.0923. The predicted octanol–water partition coefficient (Wildman–Crippen LogP) is 3.57. The number of anilines is 1. The SMILES string of the molecule is O=C(NCC(c1ccco1)N1CCN(c2ccccc2)CC1)c1ccccc1. The molecule has 2 aromatic carbocycles. The van der Waals surface area contributed by atoms with Crippen LogP contribution in [0.5, 0.6) is 0 Å². The smallest absolute Gasteiger partial charge is 0.251 e. The average Bonchev–Trinajstić information content (AvgIpc) is 3.30. The van der Waals surface area contributed by atoms with Crippen molar-refractivity contribution < 1.29 is 9.21 Å². The standard InChI is InChI=1S/C23H25N3O2/c27-23(19-8-3-1-4-9-19)24-18-21(22-12-7-17-28-22)26-15-13-25(14-16-26)20-10-5-2-6-11-20/h1-12,17,21H,13-16,18H2,(H,24,27). The van der Waals surface area contributed by atoms with Gasteiger partial charge in [-0.2, -0.15) is 0 Å². The third kappa shape index (κ3) is 4.26. The summed E-state index contributed by atoms with van der Waals surface area (Å²) >= 11 is 0. The number of hydrogen-bond acceptors (Lipinski definition) is 4. The Kier molecular flexibility index (Phi) is 5.73. The fourth-order valence-electron chi connectivity index (χ4n) is 3.70. The number of benzene rings is 2. The van der Waals surface area contributed by atoms with Crippen molar-refractivity contribution in [3.05, 3.63) is 90.4 Å². The number of piperazine rings is 1. The van der Waals surface area contributed by atoms with Gasteiger partial charge in [0.2, 0.25) is 0 Å². The predicted molar refractivity (Wildman–Crippen MR) is 110 cm³/mol. The van der Waals surface area contributed by atoms with Crippen molar-refractivity contribution in [2.75, 3.05) is 37.6 Å². The Hall–Kier alpha value is -3.05. The normalized spacial score (nSPS) is 15.9. The summed E-state index contributed by atoms with van der Waals surface area (Å²) in [7, 11) is 0. The van der Waals surface area contributed by atoms with Crippen molar-refractivity contribution in [3.8, 4) is 0 Å². The second kappa shape index (κ2) is 8.76. The molecule has 1 atom stereocenters. The van der Waals surface area contributed by atoms with Crippen LogP contribution in [0.1, 0.15) is 22.2 Å². The van der Waals surface area contributed by atoms with Crippen molar-refractivity contribution in [2.24, 2.45) is 0 Å². The summed E-state index contributed by atoms with van der Waals surface area (Å²) in [6.07, 6.45) is 1.70.